The van der Waals surface area contributed by atoms with Gasteiger partial charge in [0.1, 0.15) is 0 Å². The fourth-order valence-electron chi connectivity index (χ4n) is 2.78. The second-order valence-electron chi connectivity index (χ2n) is 4.83. The maximum absolute atomic E-state index is 11.7. The lowest BCUT2D eigenvalue weighted by molar-refractivity contribution is 0.0128. The van der Waals surface area contributed by atoms with Crippen LogP contribution in [0, 0.1) is 5.41 Å². The Kier molecular flexibility index (Phi) is 2.62. The van der Waals surface area contributed by atoms with E-state index in [2.05, 4.69) is 5.32 Å². The van der Waals surface area contributed by atoms with Crippen molar-refractivity contribution in [2.45, 2.75) is 11.7 Å². The summed E-state index contributed by atoms with van der Waals surface area (Å²) in [6.45, 7) is 2.23. The summed E-state index contributed by atoms with van der Waals surface area (Å²) in [4.78, 5) is 12.5. The molecule has 0 aliphatic carbocycles. The van der Waals surface area contributed by atoms with E-state index >= 15 is 0 Å². The van der Waals surface area contributed by atoms with Gasteiger partial charge in [0.05, 0.1) is 5.25 Å². The molecular weight excluding hydrogens is 230 g/mol. The number of amides is 2. The third-order valence-electron chi connectivity index (χ3n) is 3.65. The topological polar surface area (TPSA) is 92.5 Å². The van der Waals surface area contributed by atoms with E-state index in [1.807, 2.05) is 0 Å². The van der Waals surface area contributed by atoms with Crippen LogP contribution in [0.4, 0.5) is 4.79 Å². The van der Waals surface area contributed by atoms with E-state index in [4.69, 9.17) is 5.73 Å². The Bertz CT molecular complexity index is 400. The first-order chi connectivity index (χ1) is 7.35. The van der Waals surface area contributed by atoms with Crippen molar-refractivity contribution in [1.82, 2.24) is 10.2 Å². The van der Waals surface area contributed by atoms with Gasteiger partial charge in [0.2, 0.25) is 0 Å². The fourth-order valence-corrected chi connectivity index (χ4v) is 4.38. The third kappa shape index (κ3) is 1.78. The van der Waals surface area contributed by atoms with Crippen LogP contribution in [-0.4, -0.2) is 57.0 Å². The highest BCUT2D eigenvalue weighted by Crippen LogP contribution is 2.41. The van der Waals surface area contributed by atoms with Crippen LogP contribution in [0.3, 0.4) is 0 Å². The molecule has 2 aliphatic rings. The monoisotopic (exact) mass is 247 g/mol. The highest BCUT2D eigenvalue weighted by atomic mass is 32.2. The Morgan fingerprint density at radius 3 is 2.62 bits per heavy atom. The first-order valence-electron chi connectivity index (χ1n) is 5.29. The summed E-state index contributed by atoms with van der Waals surface area (Å²) in [7, 11) is -3.08. The number of piperidine rings is 1. The Morgan fingerprint density at radius 2 is 2.12 bits per heavy atom. The van der Waals surface area contributed by atoms with Gasteiger partial charge in [-0.3, -0.25) is 0 Å². The van der Waals surface area contributed by atoms with Crippen LogP contribution in [0.15, 0.2) is 0 Å². The van der Waals surface area contributed by atoms with Gasteiger partial charge in [0.15, 0.2) is 9.84 Å². The van der Waals surface area contributed by atoms with E-state index in [0.29, 0.717) is 19.6 Å². The summed E-state index contributed by atoms with van der Waals surface area (Å²) in [5.41, 5.74) is 4.89. The van der Waals surface area contributed by atoms with Crippen LogP contribution in [0.1, 0.15) is 6.42 Å². The van der Waals surface area contributed by atoms with Gasteiger partial charge < -0.3 is 16.0 Å². The SMILES string of the molecule is CS(=O)(=O)C1CNCCC12CN(C(N)=O)C2. The number of rotatable bonds is 1. The number of carbonyl (C=O) groups excluding carboxylic acids is 1. The number of nitrogens with one attached hydrogen (secondary N) is 1. The molecule has 2 fully saturated rings. The van der Waals surface area contributed by atoms with Crippen LogP contribution in [0.25, 0.3) is 0 Å². The second kappa shape index (κ2) is 3.59. The molecule has 0 aromatic heterocycles. The molecule has 1 atom stereocenters. The maximum atomic E-state index is 11.7. The van der Waals surface area contributed by atoms with Crippen molar-refractivity contribution in [3.05, 3.63) is 0 Å². The van der Waals surface area contributed by atoms with Crippen LogP contribution in [0.2, 0.25) is 0 Å². The first kappa shape index (κ1) is 11.7. The van der Waals surface area contributed by atoms with Crippen molar-refractivity contribution < 1.29 is 13.2 Å². The number of nitrogens with two attached hydrogens (primary N) is 1. The van der Waals surface area contributed by atoms with Gasteiger partial charge in [-0.25, -0.2) is 13.2 Å². The normalized spacial score (nSPS) is 28.8. The maximum Gasteiger partial charge on any atom is 0.314 e. The lowest BCUT2D eigenvalue weighted by Crippen LogP contribution is -2.69. The molecule has 0 aromatic rings. The molecule has 2 saturated heterocycles. The van der Waals surface area contributed by atoms with E-state index < -0.39 is 21.1 Å². The summed E-state index contributed by atoms with van der Waals surface area (Å²) in [6.07, 6.45) is 2.05. The molecule has 2 heterocycles. The molecule has 6 nitrogen and oxygen atoms in total. The summed E-state index contributed by atoms with van der Waals surface area (Å²) in [6, 6.07) is -0.462. The minimum Gasteiger partial charge on any atom is -0.351 e. The zero-order valence-electron chi connectivity index (χ0n) is 9.27. The van der Waals surface area contributed by atoms with E-state index in [1.165, 1.54) is 11.2 Å². The van der Waals surface area contributed by atoms with Crippen molar-refractivity contribution in [3.63, 3.8) is 0 Å². The van der Waals surface area contributed by atoms with E-state index in [-0.39, 0.29) is 5.41 Å². The largest absolute Gasteiger partial charge is 0.351 e. The van der Waals surface area contributed by atoms with Gasteiger partial charge in [0, 0.05) is 31.3 Å². The molecule has 2 rings (SSSR count). The Balaban J connectivity index is 2.17. The Hall–Kier alpha value is -0.820. The van der Waals surface area contributed by atoms with Gasteiger partial charge in [0.25, 0.3) is 0 Å². The highest BCUT2D eigenvalue weighted by molar-refractivity contribution is 7.91. The summed E-state index contributed by atoms with van der Waals surface area (Å²) in [5.74, 6) is 0. The second-order valence-corrected chi connectivity index (χ2v) is 7.06. The molecule has 92 valence electrons. The van der Waals surface area contributed by atoms with Crippen molar-refractivity contribution in [3.8, 4) is 0 Å². The third-order valence-corrected chi connectivity index (χ3v) is 5.35. The lowest BCUT2D eigenvalue weighted by Gasteiger charge is -2.55. The van der Waals surface area contributed by atoms with Crippen molar-refractivity contribution in [2.24, 2.45) is 11.1 Å². The molecular formula is C9H17N3O3S. The van der Waals surface area contributed by atoms with Crippen LogP contribution in [0.5, 0.6) is 0 Å². The number of carbonyl (C=O) groups is 1. The standard InChI is InChI=1S/C9H17N3O3S/c1-16(14,15)7-4-11-3-2-9(7)5-12(6-9)8(10)13/h7,11H,2-6H2,1H3,(H2,10,13). The molecule has 1 unspecified atom stereocenters. The van der Waals surface area contributed by atoms with Crippen LogP contribution < -0.4 is 11.1 Å². The summed E-state index contributed by atoms with van der Waals surface area (Å²) < 4.78 is 23.4. The zero-order chi connectivity index (χ0) is 12.0. The van der Waals surface area contributed by atoms with E-state index in [0.717, 1.165) is 13.0 Å². The molecule has 2 amide bonds. The van der Waals surface area contributed by atoms with Crippen molar-refractivity contribution in [2.75, 3.05) is 32.4 Å². The van der Waals surface area contributed by atoms with Gasteiger partial charge >= 0.3 is 6.03 Å². The molecule has 7 heteroatoms. The van der Waals surface area contributed by atoms with Crippen molar-refractivity contribution >= 4 is 15.9 Å². The molecule has 0 bridgehead atoms. The highest BCUT2D eigenvalue weighted by Gasteiger charge is 2.54. The lowest BCUT2D eigenvalue weighted by atomic mass is 9.72. The molecule has 3 N–H and O–H groups in total. The van der Waals surface area contributed by atoms with Gasteiger partial charge in [-0.1, -0.05) is 0 Å². The molecule has 0 saturated carbocycles. The average Bonchev–Trinajstić information content (AvgIpc) is 2.12. The number of urea groups is 1. The van der Waals surface area contributed by atoms with E-state index in [9.17, 15) is 13.2 Å². The molecule has 1 spiro atoms. The first-order valence-corrected chi connectivity index (χ1v) is 7.25. The minimum atomic E-state index is -3.08. The van der Waals surface area contributed by atoms with Gasteiger partial charge in [-0.15, -0.1) is 0 Å². The van der Waals surface area contributed by atoms with E-state index in [1.54, 1.807) is 0 Å². The number of nitrogens with zero attached hydrogens (tertiary/aromatic N) is 1. The fraction of sp³-hybridized carbons (Fsp3) is 0.889. The number of primary amides is 1. The summed E-state index contributed by atoms with van der Waals surface area (Å²) in [5, 5.41) is 2.70. The smallest absolute Gasteiger partial charge is 0.314 e. The summed E-state index contributed by atoms with van der Waals surface area (Å²) >= 11 is 0. The average molecular weight is 247 g/mol. The number of hydrogen-bond donors (Lipinski definition) is 2. The Morgan fingerprint density at radius 1 is 1.50 bits per heavy atom. The molecule has 16 heavy (non-hydrogen) atoms. The molecule has 0 aromatic carbocycles. The quantitative estimate of drug-likeness (QED) is 0.607. The molecule has 2 aliphatic heterocycles. The zero-order valence-corrected chi connectivity index (χ0v) is 10.1. The van der Waals surface area contributed by atoms with Gasteiger partial charge in [-0.05, 0) is 13.0 Å². The van der Waals surface area contributed by atoms with Crippen LogP contribution in [-0.2, 0) is 9.84 Å². The van der Waals surface area contributed by atoms with Crippen LogP contribution >= 0.6 is 0 Å². The number of hydrogen-bond acceptors (Lipinski definition) is 4. The number of sulfone groups is 1. The predicted molar refractivity (Wildman–Crippen MR) is 59.7 cm³/mol. The minimum absolute atomic E-state index is 0.270. The van der Waals surface area contributed by atoms with Crippen molar-refractivity contribution in [1.29, 1.82) is 0 Å². The number of likely N-dealkylation sites (tertiary alicyclic amines) is 1. The predicted octanol–water partition coefficient (Wildman–Crippen LogP) is -1.23. The van der Waals surface area contributed by atoms with Gasteiger partial charge in [-0.2, -0.15) is 0 Å². The Labute approximate surface area is 95.1 Å². The molecule has 0 radical (unpaired) electrons.